The standard InChI is InChI=1S/C13H26N2O2S/c1-14-10-13-8-5-9-15(13)18(16,17)11-12-6-3-2-4-7-12/h12-14H,2-11H2,1H3. The van der Waals surface area contributed by atoms with Crippen LogP contribution in [0.15, 0.2) is 0 Å². The van der Waals surface area contributed by atoms with Crippen LogP contribution in [-0.2, 0) is 10.0 Å². The van der Waals surface area contributed by atoms with Gasteiger partial charge in [-0.05, 0) is 38.6 Å². The number of rotatable bonds is 5. The van der Waals surface area contributed by atoms with Crippen LogP contribution in [0.25, 0.3) is 0 Å². The maximum atomic E-state index is 12.5. The Bertz CT molecular complexity index is 350. The Morgan fingerprint density at radius 2 is 1.83 bits per heavy atom. The van der Waals surface area contributed by atoms with E-state index in [1.807, 2.05) is 7.05 Å². The van der Waals surface area contributed by atoms with E-state index >= 15 is 0 Å². The van der Waals surface area contributed by atoms with Crippen LogP contribution in [0.1, 0.15) is 44.9 Å². The Labute approximate surface area is 111 Å². The van der Waals surface area contributed by atoms with Crippen LogP contribution >= 0.6 is 0 Å². The fraction of sp³-hybridized carbons (Fsp3) is 1.00. The van der Waals surface area contributed by atoms with E-state index in [0.29, 0.717) is 11.7 Å². The van der Waals surface area contributed by atoms with Crippen molar-refractivity contribution in [3.8, 4) is 0 Å². The van der Waals surface area contributed by atoms with Crippen LogP contribution in [0.2, 0.25) is 0 Å². The lowest BCUT2D eigenvalue weighted by Crippen LogP contribution is -2.43. The van der Waals surface area contributed by atoms with Crippen molar-refractivity contribution >= 4 is 10.0 Å². The summed E-state index contributed by atoms with van der Waals surface area (Å²) in [6, 6.07) is 0.184. The van der Waals surface area contributed by atoms with Crippen LogP contribution in [0.5, 0.6) is 0 Å². The molecular weight excluding hydrogens is 248 g/mol. The van der Waals surface area contributed by atoms with Gasteiger partial charge in [0.1, 0.15) is 0 Å². The van der Waals surface area contributed by atoms with Crippen molar-refractivity contribution in [1.29, 1.82) is 0 Å². The molecule has 18 heavy (non-hydrogen) atoms. The Kier molecular flexibility index (Phi) is 5.04. The highest BCUT2D eigenvalue weighted by Crippen LogP contribution is 2.28. The molecule has 1 atom stereocenters. The highest BCUT2D eigenvalue weighted by atomic mass is 32.2. The van der Waals surface area contributed by atoms with Gasteiger partial charge in [0.15, 0.2) is 0 Å². The Morgan fingerprint density at radius 3 is 2.50 bits per heavy atom. The summed E-state index contributed by atoms with van der Waals surface area (Å²) in [5.74, 6) is 0.785. The zero-order chi connectivity index (χ0) is 13.0. The molecular formula is C13H26N2O2S. The van der Waals surface area contributed by atoms with Crippen LogP contribution in [0.4, 0.5) is 0 Å². The molecule has 0 aromatic carbocycles. The lowest BCUT2D eigenvalue weighted by Gasteiger charge is -2.28. The van der Waals surface area contributed by atoms with Gasteiger partial charge in [0, 0.05) is 19.1 Å². The molecule has 0 spiro atoms. The number of nitrogens with zero attached hydrogens (tertiary/aromatic N) is 1. The summed E-state index contributed by atoms with van der Waals surface area (Å²) in [6.07, 6.45) is 7.91. The van der Waals surface area contributed by atoms with Crippen molar-refractivity contribution in [2.24, 2.45) is 5.92 Å². The zero-order valence-electron chi connectivity index (χ0n) is 11.4. The van der Waals surface area contributed by atoms with Crippen LogP contribution in [0.3, 0.4) is 0 Å². The Balaban J connectivity index is 1.96. The van der Waals surface area contributed by atoms with Crippen molar-refractivity contribution in [2.45, 2.75) is 51.0 Å². The molecule has 1 heterocycles. The quantitative estimate of drug-likeness (QED) is 0.828. The third-order valence-electron chi connectivity index (χ3n) is 4.29. The first kappa shape index (κ1) is 14.3. The lowest BCUT2D eigenvalue weighted by molar-refractivity contribution is 0.353. The molecule has 0 aromatic rings. The number of nitrogens with one attached hydrogen (secondary N) is 1. The maximum Gasteiger partial charge on any atom is 0.214 e. The minimum atomic E-state index is -3.04. The van der Waals surface area contributed by atoms with Gasteiger partial charge >= 0.3 is 0 Å². The highest BCUT2D eigenvalue weighted by Gasteiger charge is 2.35. The molecule has 106 valence electrons. The molecule has 0 aromatic heterocycles. The maximum absolute atomic E-state index is 12.5. The minimum absolute atomic E-state index is 0.184. The van der Waals surface area contributed by atoms with Crippen LogP contribution < -0.4 is 5.32 Å². The van der Waals surface area contributed by atoms with Gasteiger partial charge in [0.2, 0.25) is 10.0 Å². The first-order valence-electron chi connectivity index (χ1n) is 7.27. The largest absolute Gasteiger partial charge is 0.318 e. The van der Waals surface area contributed by atoms with E-state index in [2.05, 4.69) is 5.32 Å². The van der Waals surface area contributed by atoms with Crippen molar-refractivity contribution in [3.05, 3.63) is 0 Å². The Hall–Kier alpha value is -0.130. The van der Waals surface area contributed by atoms with E-state index in [4.69, 9.17) is 0 Å². The normalized spacial score (nSPS) is 27.7. The highest BCUT2D eigenvalue weighted by molar-refractivity contribution is 7.89. The monoisotopic (exact) mass is 274 g/mol. The average Bonchev–Trinajstić information content (AvgIpc) is 2.79. The van der Waals surface area contributed by atoms with Crippen molar-refractivity contribution in [1.82, 2.24) is 9.62 Å². The molecule has 2 fully saturated rings. The van der Waals surface area contributed by atoms with Gasteiger partial charge in [-0.3, -0.25) is 0 Å². The SMILES string of the molecule is CNCC1CCCN1S(=O)(=O)CC1CCCCC1. The number of sulfonamides is 1. The van der Waals surface area contributed by atoms with Crippen molar-refractivity contribution in [3.63, 3.8) is 0 Å². The third-order valence-corrected chi connectivity index (χ3v) is 6.38. The molecule has 0 bridgehead atoms. The lowest BCUT2D eigenvalue weighted by atomic mass is 9.91. The Morgan fingerprint density at radius 1 is 1.11 bits per heavy atom. The van der Waals surface area contributed by atoms with Gasteiger partial charge in [-0.1, -0.05) is 19.3 Å². The van der Waals surface area contributed by atoms with Crippen LogP contribution in [0, 0.1) is 5.92 Å². The van der Waals surface area contributed by atoms with Crippen LogP contribution in [-0.4, -0.2) is 44.7 Å². The van der Waals surface area contributed by atoms with Gasteiger partial charge in [0.05, 0.1) is 5.75 Å². The first-order valence-corrected chi connectivity index (χ1v) is 8.88. The summed E-state index contributed by atoms with van der Waals surface area (Å²) >= 11 is 0. The summed E-state index contributed by atoms with van der Waals surface area (Å²) < 4.78 is 26.7. The second-order valence-electron chi connectivity index (χ2n) is 5.75. The molecule has 1 saturated carbocycles. The molecule has 2 aliphatic rings. The summed E-state index contributed by atoms with van der Waals surface area (Å²) in [6.45, 7) is 1.51. The fourth-order valence-electron chi connectivity index (χ4n) is 3.36. The molecule has 4 nitrogen and oxygen atoms in total. The molecule has 2 rings (SSSR count). The fourth-order valence-corrected chi connectivity index (χ4v) is 5.52. The average molecular weight is 274 g/mol. The number of likely N-dealkylation sites (N-methyl/N-ethyl adjacent to an activating group) is 1. The topological polar surface area (TPSA) is 49.4 Å². The minimum Gasteiger partial charge on any atom is -0.318 e. The summed E-state index contributed by atoms with van der Waals surface area (Å²) in [5.41, 5.74) is 0. The van der Waals surface area contributed by atoms with Gasteiger partial charge in [-0.25, -0.2) is 8.42 Å². The van der Waals surface area contributed by atoms with E-state index in [1.165, 1.54) is 19.3 Å². The van der Waals surface area contributed by atoms with E-state index in [0.717, 1.165) is 38.8 Å². The second-order valence-corrected chi connectivity index (χ2v) is 7.71. The third kappa shape index (κ3) is 3.45. The molecule has 0 radical (unpaired) electrons. The molecule has 1 aliphatic heterocycles. The number of hydrogen-bond donors (Lipinski definition) is 1. The molecule has 1 saturated heterocycles. The van der Waals surface area contributed by atoms with Gasteiger partial charge in [-0.15, -0.1) is 0 Å². The summed E-state index contributed by atoms with van der Waals surface area (Å²) in [5, 5.41) is 3.11. The van der Waals surface area contributed by atoms with E-state index in [1.54, 1.807) is 4.31 Å². The van der Waals surface area contributed by atoms with E-state index in [9.17, 15) is 8.42 Å². The molecule has 1 aliphatic carbocycles. The number of hydrogen-bond acceptors (Lipinski definition) is 3. The molecule has 1 unspecified atom stereocenters. The van der Waals surface area contributed by atoms with E-state index < -0.39 is 10.0 Å². The smallest absolute Gasteiger partial charge is 0.214 e. The second kappa shape index (κ2) is 6.35. The molecule has 5 heteroatoms. The molecule has 1 N–H and O–H groups in total. The van der Waals surface area contributed by atoms with Gasteiger partial charge in [-0.2, -0.15) is 4.31 Å². The first-order chi connectivity index (χ1) is 8.63. The predicted molar refractivity (Wildman–Crippen MR) is 74.0 cm³/mol. The summed E-state index contributed by atoms with van der Waals surface area (Å²) in [4.78, 5) is 0. The van der Waals surface area contributed by atoms with Gasteiger partial charge < -0.3 is 5.32 Å². The van der Waals surface area contributed by atoms with Crippen molar-refractivity contribution < 1.29 is 8.42 Å². The van der Waals surface area contributed by atoms with Crippen molar-refractivity contribution in [2.75, 3.05) is 25.9 Å². The van der Waals surface area contributed by atoms with Gasteiger partial charge in [0.25, 0.3) is 0 Å². The summed E-state index contributed by atoms with van der Waals surface area (Å²) in [7, 11) is -1.14. The zero-order valence-corrected chi connectivity index (χ0v) is 12.2. The van der Waals surface area contributed by atoms with E-state index in [-0.39, 0.29) is 6.04 Å². The molecule has 0 amide bonds. The predicted octanol–water partition coefficient (Wildman–Crippen LogP) is 1.58.